The Morgan fingerprint density at radius 2 is 0.901 bits per heavy atom. The maximum atomic E-state index is 15.4. The molecule has 0 unspecified atom stereocenters. The smallest absolute Gasteiger partial charge is 0.246 e. The van der Waals surface area contributed by atoms with Crippen LogP contribution in [0.4, 0.5) is 0 Å². The van der Waals surface area contributed by atoms with Crippen molar-refractivity contribution in [1.29, 1.82) is 0 Å². The van der Waals surface area contributed by atoms with Crippen LogP contribution in [0.3, 0.4) is 0 Å². The summed E-state index contributed by atoms with van der Waals surface area (Å²) in [6.07, 6.45) is 0.663. The third-order valence-corrected chi connectivity index (χ3v) is 18.4. The van der Waals surface area contributed by atoms with E-state index in [4.69, 9.17) is 0 Å². The van der Waals surface area contributed by atoms with Crippen LogP contribution in [0.25, 0.3) is 0 Å². The molecule has 25 heteroatoms. The van der Waals surface area contributed by atoms with Crippen molar-refractivity contribution in [2.75, 3.05) is 49.3 Å². The van der Waals surface area contributed by atoms with Crippen molar-refractivity contribution in [1.82, 2.24) is 60.6 Å². The highest BCUT2D eigenvalue weighted by molar-refractivity contribution is 7.09. The second kappa shape index (κ2) is 36.3. The number of hydrogen-bond acceptors (Lipinski definition) is 14. The van der Waals surface area contributed by atoms with Gasteiger partial charge in [-0.25, -0.2) is 4.98 Å². The van der Waals surface area contributed by atoms with Gasteiger partial charge in [0.15, 0.2) is 0 Å². The molecule has 1 fully saturated rings. The molecular formula is C66H116N12O12S. The Labute approximate surface area is 547 Å². The number of rotatable bonds is 17. The standard InChI is InChI=1S/C66H116N12O12S/c1-26-47-62(86)72(19)44(17)61(85)73(20)49(31-36(4)5)58(82)71-52(39(10)11)65(89)74(21)48(30-35(2)3)57(81)67-42(15)56(80)68-43(16)60(84)75(22)50(32-37(6)7)63(87)76(23)51(33-38(8)9)64(88)77(24)53(40(12)13)66(90)78(25)54(59(83)70-47)55(79)41(14)28-27-29-46-34-91-45(18)69-46/h34-44,47-55,79H,26-33H2,1-25H3,(H,67,81)(H,68,80)(H,70,83)(H,71,82)/t41-,42-,43+,44-,47-,48-,49+,50-,51-,52-,53-,54-,55-/m1/s1. The molecule has 1 aliphatic heterocycles. The summed E-state index contributed by atoms with van der Waals surface area (Å²) in [6, 6.07) is -13.7. The highest BCUT2D eigenvalue weighted by Crippen LogP contribution is 2.27. The molecule has 13 atom stereocenters. The monoisotopic (exact) mass is 1300 g/mol. The van der Waals surface area contributed by atoms with Crippen molar-refractivity contribution in [2.24, 2.45) is 41.4 Å². The second-order valence-electron chi connectivity index (χ2n) is 27.9. The predicted molar refractivity (Wildman–Crippen MR) is 353 cm³/mol. The van der Waals surface area contributed by atoms with Gasteiger partial charge >= 0.3 is 0 Å². The fourth-order valence-electron chi connectivity index (χ4n) is 11.7. The molecule has 2 heterocycles. The zero-order chi connectivity index (χ0) is 70.1. The van der Waals surface area contributed by atoms with Gasteiger partial charge in [-0.05, 0) is 120 Å². The first-order chi connectivity index (χ1) is 42.0. The Kier molecular flexibility index (Phi) is 32.2. The van der Waals surface area contributed by atoms with Crippen molar-refractivity contribution in [3.63, 3.8) is 0 Å². The number of amides is 11. The summed E-state index contributed by atoms with van der Waals surface area (Å²) in [5, 5.41) is 26.4. The predicted octanol–water partition coefficient (Wildman–Crippen LogP) is 4.48. The van der Waals surface area contributed by atoms with Crippen molar-refractivity contribution in [3.8, 4) is 0 Å². The maximum Gasteiger partial charge on any atom is 0.246 e. The highest BCUT2D eigenvalue weighted by atomic mass is 32.1. The molecule has 0 aliphatic carbocycles. The summed E-state index contributed by atoms with van der Waals surface area (Å²) in [4.78, 5) is 175. The van der Waals surface area contributed by atoms with Crippen molar-refractivity contribution in [3.05, 3.63) is 16.1 Å². The van der Waals surface area contributed by atoms with Crippen LogP contribution in [0, 0.1) is 48.3 Å². The Bertz CT molecular complexity index is 2650. The first kappa shape index (κ1) is 80.9. The first-order valence-electron chi connectivity index (χ1n) is 32.7. The molecule has 1 saturated heterocycles. The van der Waals surface area contributed by atoms with E-state index >= 15 is 19.2 Å². The summed E-state index contributed by atoms with van der Waals surface area (Å²) in [5.41, 5.74) is 0.881. The van der Waals surface area contributed by atoms with Crippen molar-refractivity contribution < 1.29 is 57.8 Å². The van der Waals surface area contributed by atoms with E-state index in [2.05, 4.69) is 26.3 Å². The SMILES string of the molecule is CC[C@H]1NC(=O)[C@@H]([C@H](O)[C@H](C)CCCc2csc(C)n2)N(C)C(=O)[C@@H](C(C)C)N(C)C(=O)[C@@H](CC(C)C)N(C)C(=O)[C@@H](CC(C)C)N(C)C(=O)[C@H](C)NC(=O)[C@@H](C)NC(=O)[C@@H](CC(C)C)N(C)C(=O)[C@@H](C(C)C)NC(=O)[C@H](CC(C)C)N(C)C(=O)[C@@H](C)N(C)C1=O. The van der Waals surface area contributed by atoms with Crippen LogP contribution in [0.5, 0.6) is 0 Å². The molecule has 5 N–H and O–H groups in total. The zero-order valence-corrected chi connectivity index (χ0v) is 60.4. The molecule has 91 heavy (non-hydrogen) atoms. The number of aryl methyl sites for hydroxylation is 2. The lowest BCUT2D eigenvalue weighted by Crippen LogP contribution is -2.64. The number of carbonyl (C=O) groups excluding carboxylic acids is 11. The van der Waals surface area contributed by atoms with Gasteiger partial charge in [0.25, 0.3) is 0 Å². The van der Waals surface area contributed by atoms with Crippen LogP contribution in [0.2, 0.25) is 0 Å². The van der Waals surface area contributed by atoms with Gasteiger partial charge < -0.3 is 60.7 Å². The van der Waals surface area contributed by atoms with Crippen LogP contribution >= 0.6 is 11.3 Å². The maximum absolute atomic E-state index is 15.4. The summed E-state index contributed by atoms with van der Waals surface area (Å²) in [5.74, 6) is -9.78. The number of likely N-dealkylation sites (N-methyl/N-ethyl adjacent to an activating group) is 7. The molecule has 1 aliphatic rings. The molecule has 11 amide bonds. The average molecular weight is 1300 g/mol. The fourth-order valence-corrected chi connectivity index (χ4v) is 12.4. The lowest BCUT2D eigenvalue weighted by molar-refractivity contribution is -0.157. The van der Waals surface area contributed by atoms with E-state index in [1.165, 1.54) is 106 Å². The van der Waals surface area contributed by atoms with Crippen LogP contribution in [0.15, 0.2) is 5.38 Å². The van der Waals surface area contributed by atoms with Gasteiger partial charge in [-0.1, -0.05) is 96.9 Å². The van der Waals surface area contributed by atoms with Gasteiger partial charge in [-0.3, -0.25) is 52.7 Å². The molecule has 1 aromatic heterocycles. The van der Waals surface area contributed by atoms with E-state index in [0.29, 0.717) is 19.3 Å². The Morgan fingerprint density at radius 3 is 1.35 bits per heavy atom. The Morgan fingerprint density at radius 1 is 0.473 bits per heavy atom. The highest BCUT2D eigenvalue weighted by Gasteiger charge is 2.46. The molecule has 0 spiro atoms. The topological polar surface area (TPSA) is 292 Å². The molecule has 0 bridgehead atoms. The number of aromatic nitrogens is 1. The van der Waals surface area contributed by atoms with Gasteiger partial charge in [0.05, 0.1) is 16.8 Å². The van der Waals surface area contributed by atoms with Gasteiger partial charge in [0.1, 0.15) is 66.5 Å². The molecule has 0 aromatic carbocycles. The third kappa shape index (κ3) is 22.2. The summed E-state index contributed by atoms with van der Waals surface area (Å²) in [7, 11) is 10.00. The van der Waals surface area contributed by atoms with E-state index in [9.17, 15) is 38.7 Å². The summed E-state index contributed by atoms with van der Waals surface area (Å²) < 4.78 is 0. The van der Waals surface area contributed by atoms with E-state index in [1.54, 1.807) is 41.5 Å². The Balaban J connectivity index is 3.00. The van der Waals surface area contributed by atoms with Crippen molar-refractivity contribution in [2.45, 2.75) is 249 Å². The average Bonchev–Trinajstić information content (AvgIpc) is 1.24. The number of aliphatic hydroxyl groups is 1. The van der Waals surface area contributed by atoms with Crippen molar-refractivity contribution >= 4 is 76.3 Å². The molecular weight excluding hydrogens is 1180 g/mol. The lowest BCUT2D eigenvalue weighted by atomic mass is 9.90. The first-order valence-corrected chi connectivity index (χ1v) is 33.6. The summed E-state index contributed by atoms with van der Waals surface area (Å²) >= 11 is 1.52. The minimum Gasteiger partial charge on any atom is -0.390 e. The van der Waals surface area contributed by atoms with Gasteiger partial charge in [0.2, 0.25) is 65.0 Å². The number of aliphatic hydroxyl groups excluding tert-OH is 1. The molecule has 518 valence electrons. The van der Waals surface area contributed by atoms with Gasteiger partial charge in [-0.15, -0.1) is 11.3 Å². The quantitative estimate of drug-likeness (QED) is 0.144. The van der Waals surface area contributed by atoms with E-state index in [-0.39, 0.29) is 55.8 Å². The molecule has 2 rings (SSSR count). The number of nitrogens with zero attached hydrogens (tertiary/aromatic N) is 8. The second-order valence-corrected chi connectivity index (χ2v) is 29.0. The zero-order valence-electron chi connectivity index (χ0n) is 59.6. The fraction of sp³-hybridized carbons (Fsp3) is 0.788. The minimum atomic E-state index is -1.63. The lowest BCUT2D eigenvalue weighted by Gasteiger charge is -2.41. The van der Waals surface area contributed by atoms with E-state index in [1.807, 2.05) is 67.7 Å². The van der Waals surface area contributed by atoms with E-state index in [0.717, 1.165) is 20.5 Å². The Hall–Kier alpha value is -6.24. The summed E-state index contributed by atoms with van der Waals surface area (Å²) in [6.45, 7) is 31.6. The van der Waals surface area contributed by atoms with Crippen LogP contribution in [0.1, 0.15) is 173 Å². The number of nitrogens with one attached hydrogen (secondary N) is 4. The molecule has 24 nitrogen and oxygen atoms in total. The molecule has 0 radical (unpaired) electrons. The third-order valence-electron chi connectivity index (χ3n) is 17.6. The van der Waals surface area contributed by atoms with Crippen LogP contribution in [-0.2, 0) is 59.2 Å². The van der Waals surface area contributed by atoms with Crippen LogP contribution < -0.4 is 21.3 Å². The van der Waals surface area contributed by atoms with Gasteiger partial charge in [0, 0.05) is 54.7 Å². The normalized spacial score (nSPS) is 26.7. The number of carbonyl (C=O) groups is 11. The molecule has 1 aromatic rings. The largest absolute Gasteiger partial charge is 0.390 e. The van der Waals surface area contributed by atoms with Crippen LogP contribution in [-0.4, -0.2) is 231 Å². The number of hydrogen-bond donors (Lipinski definition) is 5. The van der Waals surface area contributed by atoms with Gasteiger partial charge in [-0.2, -0.15) is 0 Å². The van der Waals surface area contributed by atoms with E-state index < -0.39 is 155 Å². The molecule has 0 saturated carbocycles. The minimum absolute atomic E-state index is 0.0102. The number of thiazole rings is 1.